The minimum atomic E-state index is 0.163. The Morgan fingerprint density at radius 3 is 2.57 bits per heavy atom. The van der Waals surface area contributed by atoms with Crippen molar-refractivity contribution >= 4 is 5.96 Å². The highest BCUT2D eigenvalue weighted by Crippen LogP contribution is 2.15. The molecule has 0 radical (unpaired) electrons. The molecular weight excluding hydrogens is 290 g/mol. The summed E-state index contributed by atoms with van der Waals surface area (Å²) in [6.07, 6.45) is 0. The zero-order chi connectivity index (χ0) is 17.5. The van der Waals surface area contributed by atoms with Crippen LogP contribution >= 0.6 is 0 Å². The van der Waals surface area contributed by atoms with E-state index in [1.54, 1.807) is 0 Å². The Balaban J connectivity index is 2.62. The van der Waals surface area contributed by atoms with Crippen molar-refractivity contribution in [1.82, 2.24) is 20.7 Å². The zero-order valence-corrected chi connectivity index (χ0v) is 15.7. The van der Waals surface area contributed by atoms with Crippen molar-refractivity contribution in [1.29, 1.82) is 0 Å². The van der Waals surface area contributed by atoms with Gasteiger partial charge in [-0.2, -0.15) is 0 Å². The Labute approximate surface area is 140 Å². The number of aliphatic imine (C=N–C) groups is 1. The van der Waals surface area contributed by atoms with E-state index in [1.165, 1.54) is 0 Å². The van der Waals surface area contributed by atoms with Gasteiger partial charge in [-0.25, -0.2) is 4.99 Å². The highest BCUT2D eigenvalue weighted by Gasteiger charge is 2.19. The van der Waals surface area contributed by atoms with E-state index in [1.807, 2.05) is 6.07 Å². The number of rotatable bonds is 8. The van der Waals surface area contributed by atoms with Gasteiger partial charge in [0.1, 0.15) is 6.54 Å². The lowest BCUT2D eigenvalue weighted by atomic mass is 9.93. The van der Waals surface area contributed by atoms with Gasteiger partial charge in [0.05, 0.1) is 5.69 Å². The fourth-order valence-electron chi connectivity index (χ4n) is 2.41. The first-order valence-electron chi connectivity index (χ1n) is 8.36. The Bertz CT molecular complexity index is 491. The van der Waals surface area contributed by atoms with E-state index in [0.717, 1.165) is 37.0 Å². The van der Waals surface area contributed by atoms with Crippen LogP contribution in [-0.2, 0) is 6.54 Å². The lowest BCUT2D eigenvalue weighted by Gasteiger charge is -2.29. The van der Waals surface area contributed by atoms with Crippen LogP contribution in [0.2, 0.25) is 0 Å². The predicted octanol–water partition coefficient (Wildman–Crippen LogP) is 2.44. The molecule has 1 rings (SSSR count). The van der Waals surface area contributed by atoms with Gasteiger partial charge in [0.15, 0.2) is 11.7 Å². The molecule has 132 valence electrons. The van der Waals surface area contributed by atoms with Gasteiger partial charge in [0.25, 0.3) is 0 Å². The lowest BCUT2D eigenvalue weighted by molar-refractivity contribution is 0.241. The maximum Gasteiger partial charge on any atom is 0.191 e. The third-order valence-electron chi connectivity index (χ3n) is 3.38. The zero-order valence-electron chi connectivity index (χ0n) is 15.7. The van der Waals surface area contributed by atoms with Gasteiger partial charge < -0.3 is 20.1 Å². The first-order chi connectivity index (χ1) is 10.7. The second kappa shape index (κ2) is 8.91. The molecule has 1 heterocycles. The largest absolute Gasteiger partial charge is 0.359 e. The number of hydrogen-bond donors (Lipinski definition) is 2. The third-order valence-corrected chi connectivity index (χ3v) is 3.38. The van der Waals surface area contributed by atoms with Crippen LogP contribution in [-0.4, -0.2) is 49.7 Å². The van der Waals surface area contributed by atoms with Crippen LogP contribution in [0.5, 0.6) is 0 Å². The summed E-state index contributed by atoms with van der Waals surface area (Å²) in [5.74, 6) is 1.97. The molecule has 0 atom stereocenters. The molecule has 0 aromatic carbocycles. The van der Waals surface area contributed by atoms with Gasteiger partial charge >= 0.3 is 0 Å². The fraction of sp³-hybridized carbons (Fsp3) is 0.765. The number of aromatic nitrogens is 1. The Morgan fingerprint density at radius 2 is 2.04 bits per heavy atom. The molecular formula is C17H33N5O. The van der Waals surface area contributed by atoms with E-state index in [0.29, 0.717) is 12.5 Å². The van der Waals surface area contributed by atoms with Crippen LogP contribution in [0.3, 0.4) is 0 Å². The van der Waals surface area contributed by atoms with Crippen molar-refractivity contribution in [2.45, 2.75) is 47.1 Å². The summed E-state index contributed by atoms with van der Waals surface area (Å²) < 4.78 is 5.33. The Kier molecular flexibility index (Phi) is 7.55. The monoisotopic (exact) mass is 323 g/mol. The number of nitrogens with zero attached hydrogens (tertiary/aromatic N) is 3. The Hall–Kier alpha value is -1.56. The summed E-state index contributed by atoms with van der Waals surface area (Å²) in [5.41, 5.74) is 1.14. The molecule has 0 spiro atoms. The van der Waals surface area contributed by atoms with Crippen LogP contribution < -0.4 is 10.6 Å². The van der Waals surface area contributed by atoms with Gasteiger partial charge in [0, 0.05) is 25.7 Å². The summed E-state index contributed by atoms with van der Waals surface area (Å²) in [6, 6.07) is 1.98. The third kappa shape index (κ3) is 7.50. The predicted molar refractivity (Wildman–Crippen MR) is 95.7 cm³/mol. The molecule has 6 heteroatoms. The average molecular weight is 323 g/mol. The standard InChI is InChI=1S/C17H33N5O/c1-8-18-16(20-11-17(4,5)12-22(6)7)19-10-14-9-15(13(2)3)21-23-14/h9,13H,8,10-12H2,1-7H3,(H2,18,19,20). The topological polar surface area (TPSA) is 65.7 Å². The van der Waals surface area contributed by atoms with E-state index in [2.05, 4.69) is 74.4 Å². The second-order valence-electron chi connectivity index (χ2n) is 7.32. The van der Waals surface area contributed by atoms with Crippen LogP contribution in [0.15, 0.2) is 15.6 Å². The molecule has 0 amide bonds. The lowest BCUT2D eigenvalue weighted by Crippen LogP contribution is -2.44. The molecule has 0 fully saturated rings. The van der Waals surface area contributed by atoms with Crippen LogP contribution in [0.1, 0.15) is 52.0 Å². The molecule has 0 saturated heterocycles. The molecule has 0 unspecified atom stereocenters. The number of guanidine groups is 1. The molecule has 23 heavy (non-hydrogen) atoms. The molecule has 0 aliphatic rings. The highest BCUT2D eigenvalue weighted by atomic mass is 16.5. The first kappa shape index (κ1) is 19.5. The van der Waals surface area contributed by atoms with Crippen molar-refractivity contribution in [2.75, 3.05) is 33.7 Å². The summed E-state index contributed by atoms with van der Waals surface area (Å²) in [4.78, 5) is 6.79. The summed E-state index contributed by atoms with van der Waals surface area (Å²) >= 11 is 0. The summed E-state index contributed by atoms with van der Waals surface area (Å²) in [6.45, 7) is 13.9. The summed E-state index contributed by atoms with van der Waals surface area (Å²) in [5, 5.41) is 10.8. The molecule has 0 aliphatic carbocycles. The fourth-order valence-corrected chi connectivity index (χ4v) is 2.41. The average Bonchev–Trinajstić information content (AvgIpc) is 2.89. The first-order valence-corrected chi connectivity index (χ1v) is 8.36. The van der Waals surface area contributed by atoms with Crippen LogP contribution in [0, 0.1) is 5.41 Å². The molecule has 0 saturated carbocycles. The maximum atomic E-state index is 5.33. The number of hydrogen-bond acceptors (Lipinski definition) is 4. The smallest absolute Gasteiger partial charge is 0.191 e. The molecule has 6 nitrogen and oxygen atoms in total. The van der Waals surface area contributed by atoms with Gasteiger partial charge in [-0.3, -0.25) is 0 Å². The van der Waals surface area contributed by atoms with Gasteiger partial charge in [-0.05, 0) is 32.4 Å². The van der Waals surface area contributed by atoms with Crippen molar-refractivity contribution in [3.63, 3.8) is 0 Å². The molecule has 1 aromatic rings. The van der Waals surface area contributed by atoms with E-state index in [-0.39, 0.29) is 5.41 Å². The van der Waals surface area contributed by atoms with Gasteiger partial charge in [-0.1, -0.05) is 32.9 Å². The van der Waals surface area contributed by atoms with E-state index >= 15 is 0 Å². The van der Waals surface area contributed by atoms with Gasteiger partial charge in [0.2, 0.25) is 0 Å². The van der Waals surface area contributed by atoms with Crippen molar-refractivity contribution in [2.24, 2.45) is 10.4 Å². The normalized spacial score (nSPS) is 13.0. The van der Waals surface area contributed by atoms with Gasteiger partial charge in [-0.15, -0.1) is 0 Å². The SMILES string of the molecule is CCNC(=NCc1cc(C(C)C)no1)NCC(C)(C)CN(C)C. The second-order valence-corrected chi connectivity index (χ2v) is 7.32. The maximum absolute atomic E-state index is 5.33. The quantitative estimate of drug-likeness (QED) is 0.568. The number of nitrogens with one attached hydrogen (secondary N) is 2. The minimum absolute atomic E-state index is 0.163. The van der Waals surface area contributed by atoms with E-state index in [9.17, 15) is 0 Å². The molecule has 0 aliphatic heterocycles. The van der Waals surface area contributed by atoms with Crippen LogP contribution in [0.4, 0.5) is 0 Å². The summed E-state index contributed by atoms with van der Waals surface area (Å²) in [7, 11) is 4.19. The minimum Gasteiger partial charge on any atom is -0.359 e. The van der Waals surface area contributed by atoms with E-state index < -0.39 is 0 Å². The van der Waals surface area contributed by atoms with Crippen molar-refractivity contribution in [3.05, 3.63) is 17.5 Å². The molecule has 2 N–H and O–H groups in total. The van der Waals surface area contributed by atoms with E-state index in [4.69, 9.17) is 4.52 Å². The highest BCUT2D eigenvalue weighted by molar-refractivity contribution is 5.79. The Morgan fingerprint density at radius 1 is 1.35 bits per heavy atom. The van der Waals surface area contributed by atoms with Crippen LogP contribution in [0.25, 0.3) is 0 Å². The molecule has 1 aromatic heterocycles. The van der Waals surface area contributed by atoms with Crippen molar-refractivity contribution in [3.8, 4) is 0 Å². The van der Waals surface area contributed by atoms with Crippen molar-refractivity contribution < 1.29 is 4.52 Å². The molecule has 0 bridgehead atoms.